The Morgan fingerprint density at radius 2 is 2.05 bits per heavy atom. The number of carbonyl (C=O) groups is 1. The lowest BCUT2D eigenvalue weighted by Gasteiger charge is -2.45. The van der Waals surface area contributed by atoms with Gasteiger partial charge in [0.1, 0.15) is 0 Å². The normalized spacial score (nSPS) is 29.1. The van der Waals surface area contributed by atoms with Crippen LogP contribution >= 0.6 is 0 Å². The molecule has 1 saturated heterocycles. The minimum atomic E-state index is 0.0660. The highest BCUT2D eigenvalue weighted by Gasteiger charge is 2.45. The summed E-state index contributed by atoms with van der Waals surface area (Å²) in [5.74, 6) is 0.844. The average molecular weight is 280 g/mol. The van der Waals surface area contributed by atoms with Crippen molar-refractivity contribution >= 4 is 5.91 Å². The van der Waals surface area contributed by atoms with Crippen molar-refractivity contribution in [1.29, 1.82) is 0 Å². The van der Waals surface area contributed by atoms with Crippen LogP contribution in [0.5, 0.6) is 0 Å². The van der Waals surface area contributed by atoms with Crippen molar-refractivity contribution in [2.45, 2.75) is 84.8 Å². The van der Waals surface area contributed by atoms with E-state index in [0.29, 0.717) is 17.2 Å². The number of nitrogens with zero attached hydrogens (tertiary/aromatic N) is 1. The molecule has 2 fully saturated rings. The molecule has 0 aromatic heterocycles. The summed E-state index contributed by atoms with van der Waals surface area (Å²) < 4.78 is 0. The molecular weight excluding hydrogens is 248 g/mol. The predicted octanol–water partition coefficient (Wildman–Crippen LogP) is 3.54. The zero-order chi connectivity index (χ0) is 14.8. The molecule has 0 radical (unpaired) electrons. The molecule has 2 atom stereocenters. The van der Waals surface area contributed by atoms with E-state index in [4.69, 9.17) is 0 Å². The van der Waals surface area contributed by atoms with E-state index in [1.165, 1.54) is 25.7 Å². The minimum absolute atomic E-state index is 0.0660. The highest BCUT2D eigenvalue weighted by molar-refractivity contribution is 5.84. The molecule has 1 amide bonds. The van der Waals surface area contributed by atoms with Gasteiger partial charge >= 0.3 is 0 Å². The fraction of sp³-hybridized carbons (Fsp3) is 0.941. The smallest absolute Gasteiger partial charge is 0.241 e. The molecule has 3 heteroatoms. The number of rotatable bonds is 7. The second kappa shape index (κ2) is 6.46. The topological polar surface area (TPSA) is 32.3 Å². The van der Waals surface area contributed by atoms with Crippen LogP contribution in [0.3, 0.4) is 0 Å². The molecule has 1 heterocycles. The third-order valence-corrected chi connectivity index (χ3v) is 5.44. The Hall–Kier alpha value is -0.570. The first kappa shape index (κ1) is 15.8. The highest BCUT2D eigenvalue weighted by Crippen LogP contribution is 2.45. The Bertz CT molecular complexity index is 330. The van der Waals surface area contributed by atoms with Crippen LogP contribution < -0.4 is 5.32 Å². The lowest BCUT2D eigenvalue weighted by molar-refractivity contribution is -0.133. The average Bonchev–Trinajstić information content (AvgIpc) is 2.68. The predicted molar refractivity (Wildman–Crippen MR) is 83.4 cm³/mol. The van der Waals surface area contributed by atoms with E-state index in [9.17, 15) is 4.79 Å². The lowest BCUT2D eigenvalue weighted by Crippen LogP contribution is -2.49. The van der Waals surface area contributed by atoms with E-state index < -0.39 is 0 Å². The van der Waals surface area contributed by atoms with Crippen LogP contribution in [0.1, 0.15) is 72.6 Å². The maximum absolute atomic E-state index is 12.7. The fourth-order valence-electron chi connectivity index (χ4n) is 3.71. The molecule has 0 aromatic carbocycles. The summed E-state index contributed by atoms with van der Waals surface area (Å²) in [6, 6.07) is 0.0660. The summed E-state index contributed by atoms with van der Waals surface area (Å²) in [4.78, 5) is 14.9. The van der Waals surface area contributed by atoms with Crippen LogP contribution in [-0.2, 0) is 4.79 Å². The maximum Gasteiger partial charge on any atom is 0.241 e. The van der Waals surface area contributed by atoms with Crippen LogP contribution in [0.15, 0.2) is 0 Å². The van der Waals surface area contributed by atoms with Gasteiger partial charge in [-0.05, 0) is 37.0 Å². The number of nitrogens with one attached hydrogen (secondary N) is 1. The number of amides is 1. The monoisotopic (exact) mass is 280 g/mol. The number of hydrogen-bond acceptors (Lipinski definition) is 2. The Morgan fingerprint density at radius 1 is 1.35 bits per heavy atom. The first-order valence-electron chi connectivity index (χ1n) is 8.59. The first-order valence-corrected chi connectivity index (χ1v) is 8.59. The molecule has 2 rings (SSSR count). The number of unbranched alkanes of at least 4 members (excludes halogenated alkanes) is 1. The Kier molecular flexibility index (Phi) is 5.11. The zero-order valence-electron chi connectivity index (χ0n) is 13.7. The Morgan fingerprint density at radius 3 is 2.50 bits per heavy atom. The van der Waals surface area contributed by atoms with Gasteiger partial charge < -0.3 is 4.90 Å². The number of hydrogen-bond donors (Lipinski definition) is 1. The third-order valence-electron chi connectivity index (χ3n) is 5.44. The molecular formula is C17H32N2O. The van der Waals surface area contributed by atoms with Crippen LogP contribution in [0.4, 0.5) is 0 Å². The van der Waals surface area contributed by atoms with E-state index in [2.05, 4.69) is 37.9 Å². The van der Waals surface area contributed by atoms with Crippen molar-refractivity contribution in [3.05, 3.63) is 0 Å². The molecule has 0 spiro atoms. The molecule has 1 aliphatic heterocycles. The van der Waals surface area contributed by atoms with Crippen LogP contribution in [0, 0.1) is 11.3 Å². The Labute approximate surface area is 124 Å². The van der Waals surface area contributed by atoms with Gasteiger partial charge in [-0.25, -0.2) is 0 Å². The molecule has 0 bridgehead atoms. The molecule has 0 aromatic rings. The maximum atomic E-state index is 12.7. The fourth-order valence-corrected chi connectivity index (χ4v) is 3.71. The van der Waals surface area contributed by atoms with E-state index in [0.717, 1.165) is 25.8 Å². The van der Waals surface area contributed by atoms with Crippen LogP contribution in [0.25, 0.3) is 0 Å². The van der Waals surface area contributed by atoms with Crippen molar-refractivity contribution in [2.24, 2.45) is 11.3 Å². The molecule has 1 aliphatic carbocycles. The second-order valence-corrected chi connectivity index (χ2v) is 7.22. The summed E-state index contributed by atoms with van der Waals surface area (Å²) >= 11 is 0. The van der Waals surface area contributed by atoms with Gasteiger partial charge in [-0.3, -0.25) is 10.1 Å². The largest absolute Gasteiger partial charge is 0.325 e. The summed E-state index contributed by atoms with van der Waals surface area (Å²) in [5.41, 5.74) is 0.421. The third kappa shape index (κ3) is 3.03. The van der Waals surface area contributed by atoms with E-state index in [-0.39, 0.29) is 12.2 Å². The SMILES string of the molecule is CCCCC1NC(C(C)C)N(CC2(CC)CCC2)C1=O. The van der Waals surface area contributed by atoms with Crippen molar-refractivity contribution < 1.29 is 4.79 Å². The molecule has 1 saturated carbocycles. The standard InChI is InChI=1S/C17H32N2O/c1-5-7-9-14-16(20)19(15(18-14)13(3)4)12-17(6-2)10-8-11-17/h13-15,18H,5-12H2,1-4H3. The summed E-state index contributed by atoms with van der Waals surface area (Å²) in [7, 11) is 0. The van der Waals surface area contributed by atoms with Gasteiger partial charge in [0.2, 0.25) is 5.91 Å². The molecule has 1 N–H and O–H groups in total. The van der Waals surface area contributed by atoms with Gasteiger partial charge in [0.25, 0.3) is 0 Å². The van der Waals surface area contributed by atoms with Gasteiger partial charge in [0.15, 0.2) is 0 Å². The quantitative estimate of drug-likeness (QED) is 0.773. The lowest BCUT2D eigenvalue weighted by atomic mass is 9.66. The van der Waals surface area contributed by atoms with Gasteiger partial charge in [0.05, 0.1) is 12.2 Å². The minimum Gasteiger partial charge on any atom is -0.325 e. The van der Waals surface area contributed by atoms with Crippen LogP contribution in [0.2, 0.25) is 0 Å². The molecule has 2 unspecified atom stereocenters. The van der Waals surface area contributed by atoms with Crippen molar-refractivity contribution in [3.8, 4) is 0 Å². The second-order valence-electron chi connectivity index (χ2n) is 7.22. The van der Waals surface area contributed by atoms with Gasteiger partial charge in [-0.15, -0.1) is 0 Å². The van der Waals surface area contributed by atoms with Crippen molar-refractivity contribution in [2.75, 3.05) is 6.54 Å². The van der Waals surface area contributed by atoms with E-state index in [1.807, 2.05) is 0 Å². The molecule has 116 valence electrons. The van der Waals surface area contributed by atoms with Gasteiger partial charge in [-0.2, -0.15) is 0 Å². The first-order chi connectivity index (χ1) is 9.53. The number of carbonyl (C=O) groups excluding carboxylic acids is 1. The summed E-state index contributed by atoms with van der Waals surface area (Å²) in [5, 5.41) is 3.60. The molecule has 3 nitrogen and oxygen atoms in total. The molecule has 20 heavy (non-hydrogen) atoms. The van der Waals surface area contributed by atoms with E-state index >= 15 is 0 Å². The van der Waals surface area contributed by atoms with E-state index in [1.54, 1.807) is 0 Å². The van der Waals surface area contributed by atoms with Gasteiger partial charge in [0, 0.05) is 6.54 Å². The summed E-state index contributed by atoms with van der Waals surface area (Å²) in [6.07, 6.45) is 8.70. The van der Waals surface area contributed by atoms with Gasteiger partial charge in [-0.1, -0.05) is 47.0 Å². The van der Waals surface area contributed by atoms with Crippen LogP contribution in [-0.4, -0.2) is 29.6 Å². The molecule has 2 aliphatic rings. The highest BCUT2D eigenvalue weighted by atomic mass is 16.2. The van der Waals surface area contributed by atoms with Crippen molar-refractivity contribution in [1.82, 2.24) is 10.2 Å². The summed E-state index contributed by atoms with van der Waals surface area (Å²) in [6.45, 7) is 9.89. The van der Waals surface area contributed by atoms with Crippen molar-refractivity contribution in [3.63, 3.8) is 0 Å². The Balaban J connectivity index is 2.05. The zero-order valence-corrected chi connectivity index (χ0v) is 13.7.